The number of aromatic nitrogens is 1. The number of nitrogens with two attached hydrogens (primary N) is 1. The van der Waals surface area contributed by atoms with Crippen LogP contribution in [-0.4, -0.2) is 41.6 Å². The van der Waals surface area contributed by atoms with Crippen LogP contribution in [0.5, 0.6) is 0 Å². The van der Waals surface area contributed by atoms with Crippen LogP contribution < -0.4 is 16.4 Å². The Morgan fingerprint density at radius 3 is 2.46 bits per heavy atom. The Bertz CT molecular complexity index is 601. The second-order valence-electron chi connectivity index (χ2n) is 6.63. The van der Waals surface area contributed by atoms with Gasteiger partial charge in [0.15, 0.2) is 0 Å². The second kappa shape index (κ2) is 10.1. The molecule has 1 heterocycles. The molecular weight excluding hydrogens is 379 g/mol. The van der Waals surface area contributed by atoms with Crippen molar-refractivity contribution in [2.24, 2.45) is 11.1 Å². The van der Waals surface area contributed by atoms with Crippen molar-refractivity contribution in [3.63, 3.8) is 0 Å². The first-order valence-corrected chi connectivity index (χ1v) is 8.20. The number of rotatable bonds is 7. The largest absolute Gasteiger partial charge is 0.378 e. The highest BCUT2D eigenvalue weighted by Gasteiger charge is 2.62. The second-order valence-corrected chi connectivity index (χ2v) is 6.63. The fraction of sp³-hybridized carbons (Fsp3) is 0.588. The summed E-state index contributed by atoms with van der Waals surface area (Å²) in [5, 5.41) is 5.51. The minimum Gasteiger partial charge on any atom is -0.378 e. The van der Waals surface area contributed by atoms with Gasteiger partial charge in [0.05, 0.1) is 6.10 Å². The molecule has 2 atom stereocenters. The minimum atomic E-state index is -0.964. The fourth-order valence-electron chi connectivity index (χ4n) is 2.93. The first-order chi connectivity index (χ1) is 11.3. The number of amides is 2. The van der Waals surface area contributed by atoms with Crippen molar-refractivity contribution in [3.8, 4) is 0 Å². The number of carbonyl (C=O) groups excluding carboxylic acids is 2. The molecule has 0 aromatic carbocycles. The molecule has 1 aliphatic rings. The van der Waals surface area contributed by atoms with Crippen LogP contribution in [0.15, 0.2) is 24.5 Å². The van der Waals surface area contributed by atoms with Gasteiger partial charge < -0.3 is 21.1 Å². The van der Waals surface area contributed by atoms with Gasteiger partial charge in [0.1, 0.15) is 5.54 Å². The van der Waals surface area contributed by atoms with Crippen molar-refractivity contribution >= 4 is 42.3 Å². The monoisotopic (exact) mass is 406 g/mol. The first-order valence-electron chi connectivity index (χ1n) is 8.20. The average Bonchev–Trinajstić information content (AvgIpc) is 2.55. The predicted molar refractivity (Wildman–Crippen MR) is 106 cm³/mol. The minimum absolute atomic E-state index is 0. The molecule has 0 aliphatic heterocycles. The molecule has 2 rings (SSSR count). The summed E-state index contributed by atoms with van der Waals surface area (Å²) < 4.78 is 5.62. The molecule has 1 aromatic heterocycles. The lowest BCUT2D eigenvalue weighted by Crippen LogP contribution is -2.75. The lowest BCUT2D eigenvalue weighted by Gasteiger charge is -2.57. The highest BCUT2D eigenvalue weighted by atomic mass is 35.5. The Morgan fingerprint density at radius 2 is 1.92 bits per heavy atom. The SMILES string of the molecule is CCOC1CC(N)(C(=O)NCCC(=O)Nc2ccncc2)C1(C)C.Cl.Cl. The normalized spacial score (nSPS) is 22.8. The number of hydrogen-bond donors (Lipinski definition) is 3. The summed E-state index contributed by atoms with van der Waals surface area (Å²) in [4.78, 5) is 28.2. The average molecular weight is 407 g/mol. The number of ether oxygens (including phenoxy) is 1. The molecule has 4 N–H and O–H groups in total. The van der Waals surface area contributed by atoms with E-state index in [1.54, 1.807) is 24.5 Å². The van der Waals surface area contributed by atoms with E-state index in [-0.39, 0.29) is 55.7 Å². The van der Waals surface area contributed by atoms with Crippen LogP contribution in [0.2, 0.25) is 0 Å². The lowest BCUT2D eigenvalue weighted by molar-refractivity contribution is -0.170. The summed E-state index contributed by atoms with van der Waals surface area (Å²) >= 11 is 0. The quantitative estimate of drug-likeness (QED) is 0.640. The van der Waals surface area contributed by atoms with Crippen LogP contribution in [0.25, 0.3) is 0 Å². The van der Waals surface area contributed by atoms with Crippen LogP contribution in [0, 0.1) is 5.41 Å². The Morgan fingerprint density at radius 1 is 1.31 bits per heavy atom. The Kier molecular flexibility index (Phi) is 9.52. The van der Waals surface area contributed by atoms with Gasteiger partial charge in [0.25, 0.3) is 0 Å². The topological polar surface area (TPSA) is 106 Å². The maximum Gasteiger partial charge on any atom is 0.240 e. The smallest absolute Gasteiger partial charge is 0.240 e. The Labute approximate surface area is 166 Å². The number of nitrogens with one attached hydrogen (secondary N) is 2. The van der Waals surface area contributed by atoms with Crippen molar-refractivity contribution in [2.45, 2.75) is 45.3 Å². The van der Waals surface area contributed by atoms with Gasteiger partial charge in [-0.25, -0.2) is 0 Å². The zero-order valence-electron chi connectivity index (χ0n) is 15.3. The summed E-state index contributed by atoms with van der Waals surface area (Å²) in [7, 11) is 0. The molecule has 2 amide bonds. The van der Waals surface area contributed by atoms with E-state index in [1.807, 2.05) is 20.8 Å². The molecule has 2 unspecified atom stereocenters. The van der Waals surface area contributed by atoms with Gasteiger partial charge in [-0.1, -0.05) is 13.8 Å². The summed E-state index contributed by atoms with van der Waals surface area (Å²) in [6.07, 6.45) is 3.85. The molecule has 0 bridgehead atoms. The zero-order chi connectivity index (χ0) is 17.8. The van der Waals surface area contributed by atoms with E-state index in [2.05, 4.69) is 15.6 Å². The van der Waals surface area contributed by atoms with Crippen LogP contribution in [-0.2, 0) is 14.3 Å². The number of pyridine rings is 1. The Hall–Kier alpha value is -1.41. The molecule has 1 fully saturated rings. The van der Waals surface area contributed by atoms with Gasteiger partial charge in [-0.2, -0.15) is 0 Å². The summed E-state index contributed by atoms with van der Waals surface area (Å²) in [6, 6.07) is 3.41. The van der Waals surface area contributed by atoms with Crippen molar-refractivity contribution in [2.75, 3.05) is 18.5 Å². The number of hydrogen-bond acceptors (Lipinski definition) is 5. The molecule has 1 aromatic rings. The van der Waals surface area contributed by atoms with E-state index < -0.39 is 11.0 Å². The number of carbonyl (C=O) groups is 2. The maximum atomic E-state index is 12.4. The number of halogens is 2. The van der Waals surface area contributed by atoms with Crippen LogP contribution in [0.3, 0.4) is 0 Å². The molecule has 0 spiro atoms. The van der Waals surface area contributed by atoms with E-state index in [1.165, 1.54) is 0 Å². The summed E-state index contributed by atoms with van der Waals surface area (Å²) in [5.41, 5.74) is 5.56. The van der Waals surface area contributed by atoms with Gasteiger partial charge in [-0.3, -0.25) is 14.6 Å². The van der Waals surface area contributed by atoms with E-state index in [4.69, 9.17) is 10.5 Å². The molecule has 0 saturated heterocycles. The van der Waals surface area contributed by atoms with Gasteiger partial charge >= 0.3 is 0 Å². The molecule has 9 heteroatoms. The van der Waals surface area contributed by atoms with Crippen molar-refractivity contribution < 1.29 is 14.3 Å². The van der Waals surface area contributed by atoms with Crippen LogP contribution in [0.4, 0.5) is 5.69 Å². The molecule has 26 heavy (non-hydrogen) atoms. The van der Waals surface area contributed by atoms with Crippen molar-refractivity contribution in [1.29, 1.82) is 0 Å². The lowest BCUT2D eigenvalue weighted by atomic mass is 9.54. The molecule has 7 nitrogen and oxygen atoms in total. The zero-order valence-corrected chi connectivity index (χ0v) is 16.9. The van der Waals surface area contributed by atoms with Crippen molar-refractivity contribution in [3.05, 3.63) is 24.5 Å². The summed E-state index contributed by atoms with van der Waals surface area (Å²) in [5.74, 6) is -0.409. The van der Waals surface area contributed by atoms with Gasteiger partial charge in [-0.15, -0.1) is 24.8 Å². The standard InChI is InChI=1S/C17H26N4O3.2ClH/c1-4-24-13-11-17(18,16(13,2)3)15(23)20-10-7-14(22)21-12-5-8-19-9-6-12;;/h5-6,8-9,13H,4,7,10-11,18H2,1-3H3,(H,20,23)(H,19,21,22);2*1H. The maximum absolute atomic E-state index is 12.4. The highest BCUT2D eigenvalue weighted by molar-refractivity contribution is 5.92. The van der Waals surface area contributed by atoms with E-state index in [9.17, 15) is 9.59 Å². The summed E-state index contributed by atoms with van der Waals surface area (Å²) in [6.45, 7) is 6.64. The van der Waals surface area contributed by atoms with Gasteiger partial charge in [-0.05, 0) is 19.1 Å². The molecular formula is C17H28Cl2N4O3. The van der Waals surface area contributed by atoms with E-state index in [0.29, 0.717) is 18.7 Å². The molecule has 0 radical (unpaired) electrons. The Balaban J connectivity index is 0.00000312. The highest BCUT2D eigenvalue weighted by Crippen LogP contribution is 2.49. The molecule has 1 aliphatic carbocycles. The molecule has 148 valence electrons. The molecule has 1 saturated carbocycles. The number of nitrogens with zero attached hydrogens (tertiary/aromatic N) is 1. The third-order valence-electron chi connectivity index (χ3n) is 4.84. The van der Waals surface area contributed by atoms with Gasteiger partial charge in [0.2, 0.25) is 11.8 Å². The predicted octanol–water partition coefficient (Wildman–Crippen LogP) is 1.90. The number of anilines is 1. The fourth-order valence-corrected chi connectivity index (χ4v) is 2.93. The van der Waals surface area contributed by atoms with Gasteiger partial charge in [0, 0.05) is 49.5 Å². The van der Waals surface area contributed by atoms with E-state index >= 15 is 0 Å². The first kappa shape index (κ1) is 24.6. The van der Waals surface area contributed by atoms with Crippen LogP contribution in [0.1, 0.15) is 33.6 Å². The third kappa shape index (κ3) is 5.07. The van der Waals surface area contributed by atoms with Crippen molar-refractivity contribution in [1.82, 2.24) is 10.3 Å². The van der Waals surface area contributed by atoms with E-state index in [0.717, 1.165) is 0 Å². The third-order valence-corrected chi connectivity index (χ3v) is 4.84. The van der Waals surface area contributed by atoms with Crippen LogP contribution >= 0.6 is 24.8 Å².